The number of nitrogens with two attached hydrogens (primary N) is 1. The molecule has 3 N–H and O–H groups in total. The van der Waals surface area contributed by atoms with Gasteiger partial charge in [-0.1, -0.05) is 5.16 Å². The van der Waals surface area contributed by atoms with Gasteiger partial charge in [-0.25, -0.2) is 4.98 Å². The molecule has 0 aliphatic carbocycles. The molecule has 0 radical (unpaired) electrons. The Kier molecular flexibility index (Phi) is 3.01. The average molecular weight is 212 g/mol. The minimum atomic E-state index is -0.638. The lowest BCUT2D eigenvalue weighted by molar-refractivity contribution is -0.385. The largest absolute Gasteiger partial charge is 0.480 e. The molecule has 0 saturated heterocycles. The molecule has 8 nitrogen and oxygen atoms in total. The fraction of sp³-hybridized carbons (Fsp3) is 0.143. The predicted octanol–water partition coefficient (Wildman–Crippen LogP) is 0.0929. The van der Waals surface area contributed by atoms with Crippen molar-refractivity contribution < 1.29 is 14.9 Å². The average Bonchev–Trinajstić information content (AvgIpc) is 2.27. The van der Waals surface area contributed by atoms with Gasteiger partial charge in [0.25, 0.3) is 5.69 Å². The molecule has 1 rings (SSSR count). The van der Waals surface area contributed by atoms with Gasteiger partial charge in [0.1, 0.15) is 6.20 Å². The number of ether oxygens (including phenoxy) is 1. The molecule has 15 heavy (non-hydrogen) atoms. The maximum absolute atomic E-state index is 10.4. The van der Waals surface area contributed by atoms with Crippen molar-refractivity contribution in [1.29, 1.82) is 0 Å². The van der Waals surface area contributed by atoms with Crippen LogP contribution >= 0.6 is 0 Å². The Morgan fingerprint density at radius 2 is 2.47 bits per heavy atom. The number of hydrogen-bond donors (Lipinski definition) is 2. The number of rotatable bonds is 3. The minimum Gasteiger partial charge on any atom is -0.480 e. The Hall–Kier alpha value is -2.38. The van der Waals surface area contributed by atoms with E-state index < -0.39 is 4.92 Å². The first-order chi connectivity index (χ1) is 7.10. The number of aromatic nitrogens is 1. The molecular formula is C7H8N4O4. The summed E-state index contributed by atoms with van der Waals surface area (Å²) in [6, 6.07) is 1.11. The molecular weight excluding hydrogens is 204 g/mol. The standard InChI is InChI=1S/C7H8N4O4/c1-15-7-5(6(8)10-12)2-4(3-9-7)11(13)14/h2-3,12H,1H3,(H2,8,10). The lowest BCUT2D eigenvalue weighted by atomic mass is 10.2. The van der Waals surface area contributed by atoms with E-state index in [2.05, 4.69) is 10.1 Å². The molecule has 0 amide bonds. The summed E-state index contributed by atoms with van der Waals surface area (Å²) in [6.07, 6.45) is 1.02. The van der Waals surface area contributed by atoms with Crippen LogP contribution in [-0.2, 0) is 0 Å². The van der Waals surface area contributed by atoms with Gasteiger partial charge in [-0.15, -0.1) is 0 Å². The molecule has 0 atom stereocenters. The maximum Gasteiger partial charge on any atom is 0.288 e. The van der Waals surface area contributed by atoms with Crippen LogP contribution in [0.5, 0.6) is 5.88 Å². The first-order valence-corrected chi connectivity index (χ1v) is 3.76. The second kappa shape index (κ2) is 4.22. The van der Waals surface area contributed by atoms with E-state index in [1.54, 1.807) is 0 Å². The topological polar surface area (TPSA) is 124 Å². The molecule has 80 valence electrons. The van der Waals surface area contributed by atoms with Gasteiger partial charge in [-0.05, 0) is 0 Å². The highest BCUT2D eigenvalue weighted by Crippen LogP contribution is 2.20. The van der Waals surface area contributed by atoms with Crippen molar-refractivity contribution in [2.75, 3.05) is 7.11 Å². The van der Waals surface area contributed by atoms with E-state index in [-0.39, 0.29) is 23.0 Å². The van der Waals surface area contributed by atoms with Crippen LogP contribution in [0.25, 0.3) is 0 Å². The lowest BCUT2D eigenvalue weighted by Gasteiger charge is -2.04. The molecule has 0 aromatic carbocycles. The van der Waals surface area contributed by atoms with Gasteiger partial charge in [-0.3, -0.25) is 10.1 Å². The van der Waals surface area contributed by atoms with Gasteiger partial charge in [0.2, 0.25) is 5.88 Å². The maximum atomic E-state index is 10.4. The Morgan fingerprint density at radius 3 is 2.93 bits per heavy atom. The van der Waals surface area contributed by atoms with Gasteiger partial charge >= 0.3 is 0 Å². The number of nitrogens with zero attached hydrogens (tertiary/aromatic N) is 3. The highest BCUT2D eigenvalue weighted by atomic mass is 16.6. The van der Waals surface area contributed by atoms with E-state index in [9.17, 15) is 10.1 Å². The molecule has 0 unspecified atom stereocenters. The summed E-state index contributed by atoms with van der Waals surface area (Å²) in [5, 5.41) is 21.6. The number of oxime groups is 1. The van der Waals surface area contributed by atoms with Crippen LogP contribution in [0, 0.1) is 10.1 Å². The van der Waals surface area contributed by atoms with Crippen LogP contribution in [-0.4, -0.2) is 28.1 Å². The van der Waals surface area contributed by atoms with Crippen LogP contribution in [0.4, 0.5) is 5.69 Å². The highest BCUT2D eigenvalue weighted by Gasteiger charge is 2.15. The zero-order valence-corrected chi connectivity index (χ0v) is 7.75. The third-order valence-corrected chi connectivity index (χ3v) is 1.62. The Labute approximate surface area is 84.1 Å². The Balaban J connectivity index is 3.31. The molecule has 0 bridgehead atoms. The van der Waals surface area contributed by atoms with Gasteiger partial charge in [0, 0.05) is 6.07 Å². The van der Waals surface area contributed by atoms with Crippen molar-refractivity contribution in [2.45, 2.75) is 0 Å². The quantitative estimate of drug-likeness (QED) is 0.240. The number of pyridine rings is 1. The van der Waals surface area contributed by atoms with Gasteiger partial charge < -0.3 is 15.7 Å². The van der Waals surface area contributed by atoms with Crippen LogP contribution < -0.4 is 10.5 Å². The monoisotopic (exact) mass is 212 g/mol. The third-order valence-electron chi connectivity index (χ3n) is 1.62. The van der Waals surface area contributed by atoms with Crippen molar-refractivity contribution in [3.63, 3.8) is 0 Å². The lowest BCUT2D eigenvalue weighted by Crippen LogP contribution is -2.15. The summed E-state index contributed by atoms with van der Waals surface area (Å²) in [5.41, 5.74) is 5.09. The van der Waals surface area contributed by atoms with Crippen molar-refractivity contribution >= 4 is 11.5 Å². The van der Waals surface area contributed by atoms with E-state index >= 15 is 0 Å². The predicted molar refractivity (Wildman–Crippen MR) is 50.0 cm³/mol. The zero-order chi connectivity index (χ0) is 11.4. The molecule has 1 heterocycles. The summed E-state index contributed by atoms with van der Waals surface area (Å²) in [4.78, 5) is 13.5. The van der Waals surface area contributed by atoms with E-state index in [1.165, 1.54) is 7.11 Å². The molecule has 0 aliphatic rings. The zero-order valence-electron chi connectivity index (χ0n) is 7.75. The van der Waals surface area contributed by atoms with Crippen LogP contribution in [0.1, 0.15) is 5.56 Å². The minimum absolute atomic E-state index is 0.0518. The van der Waals surface area contributed by atoms with Crippen LogP contribution in [0.3, 0.4) is 0 Å². The van der Waals surface area contributed by atoms with E-state index in [0.29, 0.717) is 0 Å². The van der Waals surface area contributed by atoms with E-state index in [1.807, 2.05) is 0 Å². The van der Waals surface area contributed by atoms with Crippen LogP contribution in [0.15, 0.2) is 17.4 Å². The number of methoxy groups -OCH3 is 1. The van der Waals surface area contributed by atoms with Crippen molar-refractivity contribution in [3.8, 4) is 5.88 Å². The van der Waals surface area contributed by atoms with Gasteiger partial charge in [0.05, 0.1) is 17.6 Å². The molecule has 0 spiro atoms. The van der Waals surface area contributed by atoms with Gasteiger partial charge in [-0.2, -0.15) is 0 Å². The van der Waals surface area contributed by atoms with Crippen LogP contribution in [0.2, 0.25) is 0 Å². The van der Waals surface area contributed by atoms with E-state index in [4.69, 9.17) is 15.7 Å². The molecule has 8 heteroatoms. The first-order valence-electron chi connectivity index (χ1n) is 3.76. The fourth-order valence-electron chi connectivity index (χ4n) is 0.941. The summed E-state index contributed by atoms with van der Waals surface area (Å²) >= 11 is 0. The number of hydrogen-bond acceptors (Lipinski definition) is 6. The molecule has 0 aliphatic heterocycles. The smallest absolute Gasteiger partial charge is 0.288 e. The second-order valence-corrected chi connectivity index (χ2v) is 2.49. The molecule has 0 fully saturated rings. The van der Waals surface area contributed by atoms with Crippen molar-refractivity contribution in [1.82, 2.24) is 4.98 Å². The summed E-state index contributed by atoms with van der Waals surface area (Å²) in [5.74, 6) is -0.251. The van der Waals surface area contributed by atoms with Crippen molar-refractivity contribution in [2.24, 2.45) is 10.9 Å². The van der Waals surface area contributed by atoms with E-state index in [0.717, 1.165) is 12.3 Å². The molecule has 1 aromatic heterocycles. The summed E-state index contributed by atoms with van der Waals surface area (Å²) < 4.78 is 4.80. The normalized spacial score (nSPS) is 11.1. The third kappa shape index (κ3) is 2.10. The Morgan fingerprint density at radius 1 is 1.80 bits per heavy atom. The Bertz CT molecular complexity index is 417. The molecule has 0 saturated carbocycles. The first kappa shape index (κ1) is 10.7. The number of nitro groups is 1. The second-order valence-electron chi connectivity index (χ2n) is 2.49. The fourth-order valence-corrected chi connectivity index (χ4v) is 0.941. The number of amidine groups is 1. The SMILES string of the molecule is COc1ncc([N+](=O)[O-])cc1C(N)=NO. The summed E-state index contributed by atoms with van der Waals surface area (Å²) in [7, 11) is 1.32. The van der Waals surface area contributed by atoms with Gasteiger partial charge in [0.15, 0.2) is 5.84 Å². The van der Waals surface area contributed by atoms with Crippen molar-refractivity contribution in [3.05, 3.63) is 27.9 Å². The molecule has 1 aromatic rings. The summed E-state index contributed by atoms with van der Waals surface area (Å²) in [6.45, 7) is 0. The highest BCUT2D eigenvalue weighted by molar-refractivity contribution is 5.99.